The molecule has 1 aliphatic carbocycles. The highest BCUT2D eigenvalue weighted by atomic mass is 35.5. The predicted octanol–water partition coefficient (Wildman–Crippen LogP) is 2.55. The van der Waals surface area contributed by atoms with Crippen LogP contribution in [0.15, 0.2) is 29.2 Å². The first-order valence-electron chi connectivity index (χ1n) is 9.13. The molecule has 3 aromatic heterocycles. The molecule has 4 heterocycles. The molecule has 7 heteroatoms. The summed E-state index contributed by atoms with van der Waals surface area (Å²) >= 11 is 5.97. The van der Waals surface area contributed by atoms with Gasteiger partial charge in [-0.3, -0.25) is 19.2 Å². The van der Waals surface area contributed by atoms with Crippen molar-refractivity contribution in [2.75, 3.05) is 13.1 Å². The number of hydrogen-bond acceptors (Lipinski definition) is 4. The van der Waals surface area contributed by atoms with E-state index in [1.54, 1.807) is 24.4 Å². The molecule has 0 atom stereocenters. The molecule has 6 nitrogen and oxygen atoms in total. The Bertz CT molecular complexity index is 1040. The van der Waals surface area contributed by atoms with E-state index in [4.69, 9.17) is 11.6 Å². The van der Waals surface area contributed by atoms with Crippen LogP contribution in [0.3, 0.4) is 0 Å². The van der Waals surface area contributed by atoms with Gasteiger partial charge in [-0.25, -0.2) is 4.98 Å². The van der Waals surface area contributed by atoms with Gasteiger partial charge >= 0.3 is 0 Å². The van der Waals surface area contributed by atoms with Gasteiger partial charge in [0.2, 0.25) is 0 Å². The van der Waals surface area contributed by atoms with E-state index in [1.165, 1.54) is 34.2 Å². The van der Waals surface area contributed by atoms with Crippen molar-refractivity contribution in [1.82, 2.24) is 24.5 Å². The third-order valence-electron chi connectivity index (χ3n) is 5.37. The zero-order valence-electron chi connectivity index (χ0n) is 14.4. The zero-order chi connectivity index (χ0) is 17.7. The Kier molecular flexibility index (Phi) is 3.83. The quantitative estimate of drug-likeness (QED) is 0.770. The molecule has 2 aliphatic rings. The van der Waals surface area contributed by atoms with Crippen LogP contribution in [0.2, 0.25) is 5.02 Å². The van der Waals surface area contributed by atoms with Crippen LogP contribution in [-0.4, -0.2) is 37.6 Å². The summed E-state index contributed by atoms with van der Waals surface area (Å²) in [5, 5.41) is 8.34. The second kappa shape index (κ2) is 6.21. The Balaban J connectivity index is 1.36. The van der Waals surface area contributed by atoms with Gasteiger partial charge in [0, 0.05) is 49.9 Å². The molecule has 3 aromatic rings. The van der Waals surface area contributed by atoms with Crippen molar-refractivity contribution < 1.29 is 0 Å². The smallest absolute Gasteiger partial charge is 0.258 e. The van der Waals surface area contributed by atoms with Crippen LogP contribution in [0.5, 0.6) is 0 Å². The summed E-state index contributed by atoms with van der Waals surface area (Å²) in [7, 11) is 0. The first-order valence-corrected chi connectivity index (χ1v) is 9.51. The molecule has 5 rings (SSSR count). The SMILES string of the molecule is O=c1cc(CN2CCc3[nH]nc(C4CC4)c3CC2)nc2ccc(Cl)cn12. The molecular formula is C19H20ClN5O. The summed E-state index contributed by atoms with van der Waals surface area (Å²) in [4.78, 5) is 19.4. The van der Waals surface area contributed by atoms with Gasteiger partial charge in [0.15, 0.2) is 0 Å². The van der Waals surface area contributed by atoms with Crippen molar-refractivity contribution in [3.8, 4) is 0 Å². The predicted molar refractivity (Wildman–Crippen MR) is 99.7 cm³/mol. The van der Waals surface area contributed by atoms with Gasteiger partial charge in [-0.1, -0.05) is 11.6 Å². The van der Waals surface area contributed by atoms with Crippen LogP contribution in [0.1, 0.15) is 41.4 Å². The topological polar surface area (TPSA) is 66.3 Å². The molecule has 0 amide bonds. The Morgan fingerprint density at radius 1 is 1.23 bits per heavy atom. The number of hydrogen-bond donors (Lipinski definition) is 1. The maximum Gasteiger partial charge on any atom is 0.258 e. The van der Waals surface area contributed by atoms with E-state index >= 15 is 0 Å². The third kappa shape index (κ3) is 2.93. The van der Waals surface area contributed by atoms with Crippen LogP contribution in [0.4, 0.5) is 0 Å². The van der Waals surface area contributed by atoms with Crippen LogP contribution in [0.25, 0.3) is 5.65 Å². The molecule has 1 N–H and O–H groups in total. The summed E-state index contributed by atoms with van der Waals surface area (Å²) in [6.45, 7) is 2.60. The lowest BCUT2D eigenvalue weighted by Crippen LogP contribution is -2.28. The minimum absolute atomic E-state index is 0.0900. The maximum atomic E-state index is 12.4. The second-order valence-corrected chi connectivity index (χ2v) is 7.71. The second-order valence-electron chi connectivity index (χ2n) is 7.28. The normalized spacial score (nSPS) is 18.0. The van der Waals surface area contributed by atoms with Gasteiger partial charge in [-0.05, 0) is 37.0 Å². The number of aromatic amines is 1. The molecule has 0 spiro atoms. The number of rotatable bonds is 3. The van der Waals surface area contributed by atoms with E-state index in [2.05, 4.69) is 20.1 Å². The molecule has 0 bridgehead atoms. The maximum absolute atomic E-state index is 12.4. The Morgan fingerprint density at radius 3 is 2.92 bits per heavy atom. The van der Waals surface area contributed by atoms with E-state index in [1.807, 2.05) is 0 Å². The molecule has 0 saturated heterocycles. The lowest BCUT2D eigenvalue weighted by molar-refractivity contribution is 0.275. The third-order valence-corrected chi connectivity index (χ3v) is 5.59. The Hall–Kier alpha value is -2.18. The number of fused-ring (bicyclic) bond motifs is 2. The first kappa shape index (κ1) is 16.0. The van der Waals surface area contributed by atoms with Crippen LogP contribution in [0, 0.1) is 0 Å². The molecule has 1 saturated carbocycles. The van der Waals surface area contributed by atoms with Gasteiger partial charge in [0.1, 0.15) is 5.65 Å². The Labute approximate surface area is 155 Å². The number of aromatic nitrogens is 4. The fraction of sp³-hybridized carbons (Fsp3) is 0.421. The molecule has 0 radical (unpaired) electrons. The monoisotopic (exact) mass is 369 g/mol. The largest absolute Gasteiger partial charge is 0.297 e. The van der Waals surface area contributed by atoms with Crippen molar-refractivity contribution in [2.45, 2.75) is 38.1 Å². The van der Waals surface area contributed by atoms with Crippen LogP contribution < -0.4 is 5.56 Å². The fourth-order valence-corrected chi connectivity index (χ4v) is 4.00. The lowest BCUT2D eigenvalue weighted by atomic mass is 10.1. The zero-order valence-corrected chi connectivity index (χ0v) is 15.2. The van der Waals surface area contributed by atoms with Gasteiger partial charge < -0.3 is 0 Å². The minimum atomic E-state index is -0.0900. The van der Waals surface area contributed by atoms with E-state index in [-0.39, 0.29) is 5.56 Å². The van der Waals surface area contributed by atoms with E-state index in [9.17, 15) is 4.79 Å². The highest BCUT2D eigenvalue weighted by molar-refractivity contribution is 6.30. The summed E-state index contributed by atoms with van der Waals surface area (Å²) in [5.41, 5.74) is 5.36. The average Bonchev–Trinajstić information content (AvgIpc) is 3.42. The van der Waals surface area contributed by atoms with Crippen molar-refractivity contribution in [3.05, 3.63) is 62.4 Å². The standard InChI is InChI=1S/C19H20ClN5O/c20-13-3-4-17-21-14(9-18(26)25(17)10-13)11-24-7-5-15-16(6-8-24)22-23-19(15)12-1-2-12/h3-4,9-10,12H,1-2,5-8,11H2,(H,22,23). The summed E-state index contributed by atoms with van der Waals surface area (Å²) in [6.07, 6.45) is 6.14. The molecular weight excluding hydrogens is 350 g/mol. The number of nitrogens with one attached hydrogen (secondary N) is 1. The molecule has 26 heavy (non-hydrogen) atoms. The van der Waals surface area contributed by atoms with Gasteiger partial charge in [-0.2, -0.15) is 5.10 Å². The molecule has 0 unspecified atom stereocenters. The van der Waals surface area contributed by atoms with Crippen LogP contribution in [-0.2, 0) is 19.4 Å². The first-order chi connectivity index (χ1) is 12.7. The fourth-order valence-electron chi connectivity index (χ4n) is 3.84. The van der Waals surface area contributed by atoms with E-state index < -0.39 is 0 Å². The summed E-state index contributed by atoms with van der Waals surface area (Å²) in [6, 6.07) is 5.16. The molecule has 134 valence electrons. The van der Waals surface area contributed by atoms with Gasteiger partial charge in [0.05, 0.1) is 16.4 Å². The van der Waals surface area contributed by atoms with Crippen molar-refractivity contribution >= 4 is 17.2 Å². The van der Waals surface area contributed by atoms with Crippen molar-refractivity contribution in [1.29, 1.82) is 0 Å². The van der Waals surface area contributed by atoms with Crippen molar-refractivity contribution in [3.63, 3.8) is 0 Å². The van der Waals surface area contributed by atoms with Crippen molar-refractivity contribution in [2.24, 2.45) is 0 Å². The number of pyridine rings is 1. The Morgan fingerprint density at radius 2 is 2.08 bits per heavy atom. The number of halogens is 1. The highest BCUT2D eigenvalue weighted by Gasteiger charge is 2.31. The minimum Gasteiger partial charge on any atom is -0.297 e. The molecule has 1 aliphatic heterocycles. The number of nitrogens with zero attached hydrogens (tertiary/aromatic N) is 4. The van der Waals surface area contributed by atoms with E-state index in [0.717, 1.165) is 31.6 Å². The highest BCUT2D eigenvalue weighted by Crippen LogP contribution is 2.41. The van der Waals surface area contributed by atoms with E-state index in [0.29, 0.717) is 23.1 Å². The lowest BCUT2D eigenvalue weighted by Gasteiger charge is -2.19. The molecule has 1 fully saturated rings. The van der Waals surface area contributed by atoms with Gasteiger partial charge in [0.25, 0.3) is 5.56 Å². The average molecular weight is 370 g/mol. The number of H-pyrrole nitrogens is 1. The van der Waals surface area contributed by atoms with Gasteiger partial charge in [-0.15, -0.1) is 0 Å². The summed E-state index contributed by atoms with van der Waals surface area (Å²) < 4.78 is 1.49. The summed E-state index contributed by atoms with van der Waals surface area (Å²) in [5.74, 6) is 0.676. The molecule has 0 aromatic carbocycles. The van der Waals surface area contributed by atoms with Crippen LogP contribution >= 0.6 is 11.6 Å².